The van der Waals surface area contributed by atoms with Crippen molar-refractivity contribution in [3.05, 3.63) is 53.5 Å². The second-order valence-electron chi connectivity index (χ2n) is 3.71. The van der Waals surface area contributed by atoms with Crippen LogP contribution in [-0.4, -0.2) is 4.98 Å². The van der Waals surface area contributed by atoms with Gasteiger partial charge in [0.15, 0.2) is 5.82 Å². The number of benzene rings is 1. The third-order valence-electron chi connectivity index (χ3n) is 2.48. The Hall–Kier alpha value is -2.61. The fourth-order valence-corrected chi connectivity index (χ4v) is 1.50. The molecule has 1 aromatic carbocycles. The summed E-state index contributed by atoms with van der Waals surface area (Å²) in [6, 6.07) is 9.66. The molecule has 4 nitrogen and oxygen atoms in total. The van der Waals surface area contributed by atoms with E-state index in [-0.39, 0.29) is 5.82 Å². The Balaban J connectivity index is 2.11. The molecule has 5 heteroatoms. The number of aromatic nitrogens is 1. The molecule has 0 spiro atoms. The highest BCUT2D eigenvalue weighted by atomic mass is 19.1. The zero-order chi connectivity index (χ0) is 13.0. The van der Waals surface area contributed by atoms with Gasteiger partial charge in [-0.2, -0.15) is 5.26 Å². The van der Waals surface area contributed by atoms with Crippen LogP contribution in [0.5, 0.6) is 0 Å². The van der Waals surface area contributed by atoms with E-state index in [9.17, 15) is 4.39 Å². The maximum absolute atomic E-state index is 12.7. The third kappa shape index (κ3) is 2.55. The SMILES string of the molecule is N#Cc1ccnc(NCc2ccc(F)cc2)c1N. The van der Waals surface area contributed by atoms with Gasteiger partial charge in [0.1, 0.15) is 11.9 Å². The standard InChI is InChI=1S/C13H11FN4/c14-11-3-1-9(2-4-11)8-18-13-12(16)10(7-15)5-6-17-13/h1-6H,8,16H2,(H,17,18). The molecule has 0 aliphatic rings. The van der Waals surface area contributed by atoms with Gasteiger partial charge in [-0.1, -0.05) is 12.1 Å². The summed E-state index contributed by atoms with van der Waals surface area (Å²) in [4.78, 5) is 4.06. The van der Waals surface area contributed by atoms with E-state index >= 15 is 0 Å². The highest BCUT2D eigenvalue weighted by Crippen LogP contribution is 2.19. The van der Waals surface area contributed by atoms with Crippen molar-refractivity contribution in [2.75, 3.05) is 11.1 Å². The molecule has 0 radical (unpaired) electrons. The Labute approximate surface area is 104 Å². The Morgan fingerprint density at radius 3 is 2.67 bits per heavy atom. The van der Waals surface area contributed by atoms with E-state index in [4.69, 9.17) is 11.0 Å². The van der Waals surface area contributed by atoms with E-state index in [1.807, 2.05) is 6.07 Å². The number of hydrogen-bond donors (Lipinski definition) is 2. The van der Waals surface area contributed by atoms with Crippen LogP contribution < -0.4 is 11.1 Å². The zero-order valence-electron chi connectivity index (χ0n) is 9.52. The minimum Gasteiger partial charge on any atom is -0.395 e. The van der Waals surface area contributed by atoms with Gasteiger partial charge in [-0.15, -0.1) is 0 Å². The number of halogens is 1. The van der Waals surface area contributed by atoms with Gasteiger partial charge >= 0.3 is 0 Å². The van der Waals surface area contributed by atoms with Crippen LogP contribution in [0.15, 0.2) is 36.5 Å². The van der Waals surface area contributed by atoms with Crippen molar-refractivity contribution in [2.24, 2.45) is 0 Å². The highest BCUT2D eigenvalue weighted by Gasteiger charge is 2.05. The minimum atomic E-state index is -0.275. The van der Waals surface area contributed by atoms with Crippen LogP contribution in [0.3, 0.4) is 0 Å². The summed E-state index contributed by atoms with van der Waals surface area (Å²) >= 11 is 0. The molecule has 0 saturated heterocycles. The summed E-state index contributed by atoms with van der Waals surface area (Å²) in [6.07, 6.45) is 1.52. The van der Waals surface area contributed by atoms with Crippen LogP contribution in [0.2, 0.25) is 0 Å². The van der Waals surface area contributed by atoms with Crippen molar-refractivity contribution in [3.8, 4) is 6.07 Å². The quantitative estimate of drug-likeness (QED) is 0.865. The molecule has 1 aromatic heterocycles. The maximum atomic E-state index is 12.7. The third-order valence-corrected chi connectivity index (χ3v) is 2.48. The van der Waals surface area contributed by atoms with Crippen LogP contribution in [0.25, 0.3) is 0 Å². The average Bonchev–Trinajstić information content (AvgIpc) is 2.39. The number of hydrogen-bond acceptors (Lipinski definition) is 4. The summed E-state index contributed by atoms with van der Waals surface area (Å²) in [5.41, 5.74) is 7.38. The van der Waals surface area contributed by atoms with Crippen molar-refractivity contribution in [1.82, 2.24) is 4.98 Å². The van der Waals surface area contributed by atoms with Crippen molar-refractivity contribution in [3.63, 3.8) is 0 Å². The molecule has 2 aromatic rings. The lowest BCUT2D eigenvalue weighted by molar-refractivity contribution is 0.627. The second kappa shape index (κ2) is 5.15. The molecule has 18 heavy (non-hydrogen) atoms. The van der Waals surface area contributed by atoms with E-state index < -0.39 is 0 Å². The lowest BCUT2D eigenvalue weighted by atomic mass is 10.2. The number of nitrogens with one attached hydrogen (secondary N) is 1. The van der Waals surface area contributed by atoms with Crippen molar-refractivity contribution in [1.29, 1.82) is 5.26 Å². The first kappa shape index (κ1) is 11.9. The molecule has 0 saturated carbocycles. The molecule has 0 aliphatic carbocycles. The first-order valence-electron chi connectivity index (χ1n) is 5.33. The predicted octanol–water partition coefficient (Wildman–Crippen LogP) is 2.29. The van der Waals surface area contributed by atoms with Gasteiger partial charge in [0, 0.05) is 12.7 Å². The Kier molecular flexibility index (Phi) is 3.39. The summed E-state index contributed by atoms with van der Waals surface area (Å²) in [7, 11) is 0. The van der Waals surface area contributed by atoms with Gasteiger partial charge in [0.25, 0.3) is 0 Å². The van der Waals surface area contributed by atoms with Crippen LogP contribution in [0, 0.1) is 17.1 Å². The molecule has 3 N–H and O–H groups in total. The number of nitriles is 1. The second-order valence-corrected chi connectivity index (χ2v) is 3.71. The van der Waals surface area contributed by atoms with Crippen molar-refractivity contribution < 1.29 is 4.39 Å². The summed E-state index contributed by atoms with van der Waals surface area (Å²) in [5, 5.41) is 11.8. The lowest BCUT2D eigenvalue weighted by Gasteiger charge is -2.08. The number of rotatable bonds is 3. The molecule has 0 fully saturated rings. The fraction of sp³-hybridized carbons (Fsp3) is 0.0769. The molecule has 0 bridgehead atoms. The molecular weight excluding hydrogens is 231 g/mol. The van der Waals surface area contributed by atoms with Gasteiger partial charge in [0.2, 0.25) is 0 Å². The molecule has 1 heterocycles. The van der Waals surface area contributed by atoms with Gasteiger partial charge in [-0.25, -0.2) is 9.37 Å². The maximum Gasteiger partial charge on any atom is 0.150 e. The van der Waals surface area contributed by atoms with E-state index in [0.29, 0.717) is 23.6 Å². The van der Waals surface area contributed by atoms with Crippen LogP contribution in [0.1, 0.15) is 11.1 Å². The number of nitrogens with zero attached hydrogens (tertiary/aromatic N) is 2. The van der Waals surface area contributed by atoms with E-state index in [1.165, 1.54) is 18.3 Å². The van der Waals surface area contributed by atoms with E-state index in [0.717, 1.165) is 5.56 Å². The molecule has 0 amide bonds. The summed E-state index contributed by atoms with van der Waals surface area (Å²) in [5.74, 6) is 0.182. The smallest absolute Gasteiger partial charge is 0.150 e. The lowest BCUT2D eigenvalue weighted by Crippen LogP contribution is -2.05. The first-order chi connectivity index (χ1) is 8.70. The largest absolute Gasteiger partial charge is 0.395 e. The minimum absolute atomic E-state index is 0.275. The van der Waals surface area contributed by atoms with Gasteiger partial charge in [0.05, 0.1) is 11.3 Å². The van der Waals surface area contributed by atoms with Crippen LogP contribution in [0.4, 0.5) is 15.9 Å². The Morgan fingerprint density at radius 1 is 1.28 bits per heavy atom. The van der Waals surface area contributed by atoms with Gasteiger partial charge < -0.3 is 11.1 Å². The first-order valence-corrected chi connectivity index (χ1v) is 5.33. The normalized spacial score (nSPS) is 9.78. The zero-order valence-corrected chi connectivity index (χ0v) is 9.52. The Bertz CT molecular complexity index is 587. The molecule has 2 rings (SSSR count). The predicted molar refractivity (Wildman–Crippen MR) is 67.1 cm³/mol. The molecule has 0 atom stereocenters. The van der Waals surface area contributed by atoms with E-state index in [2.05, 4.69) is 10.3 Å². The summed E-state index contributed by atoms with van der Waals surface area (Å²) < 4.78 is 12.7. The summed E-state index contributed by atoms with van der Waals surface area (Å²) in [6.45, 7) is 0.465. The highest BCUT2D eigenvalue weighted by molar-refractivity contribution is 5.68. The molecule has 90 valence electrons. The van der Waals surface area contributed by atoms with Crippen molar-refractivity contribution >= 4 is 11.5 Å². The monoisotopic (exact) mass is 242 g/mol. The topological polar surface area (TPSA) is 74.7 Å². The van der Waals surface area contributed by atoms with Gasteiger partial charge in [-0.3, -0.25) is 0 Å². The van der Waals surface area contributed by atoms with Crippen LogP contribution >= 0.6 is 0 Å². The Morgan fingerprint density at radius 2 is 2.00 bits per heavy atom. The van der Waals surface area contributed by atoms with Crippen molar-refractivity contribution in [2.45, 2.75) is 6.54 Å². The van der Waals surface area contributed by atoms with Crippen LogP contribution in [-0.2, 0) is 6.54 Å². The molecule has 0 unspecified atom stereocenters. The fourth-order valence-electron chi connectivity index (χ4n) is 1.50. The average molecular weight is 242 g/mol. The molecule has 0 aliphatic heterocycles. The number of nitrogen functional groups attached to an aromatic ring is 1. The molecular formula is C13H11FN4. The van der Waals surface area contributed by atoms with Gasteiger partial charge in [-0.05, 0) is 23.8 Å². The number of pyridine rings is 1. The number of nitrogens with two attached hydrogens (primary N) is 1. The number of anilines is 2. The van der Waals surface area contributed by atoms with E-state index in [1.54, 1.807) is 18.2 Å².